The van der Waals surface area contributed by atoms with Crippen molar-refractivity contribution in [2.75, 3.05) is 6.61 Å². The molecule has 0 aromatic heterocycles. The molecule has 1 aliphatic rings. The fourth-order valence-electron chi connectivity index (χ4n) is 0.726. The van der Waals surface area contributed by atoms with Gasteiger partial charge in [-0.05, 0) is 6.42 Å². The smallest absolute Gasteiger partial charge is 0.0972 e. The van der Waals surface area contributed by atoms with Gasteiger partial charge in [0.15, 0.2) is 0 Å². The van der Waals surface area contributed by atoms with Crippen LogP contribution in [-0.4, -0.2) is 18.1 Å². The number of rotatable bonds is 3. The number of ether oxygens (including phenoxy) is 1. The number of epoxide rings is 1. The molecule has 0 bridgehead atoms. The predicted molar refractivity (Wildman–Crippen MR) is 41.5 cm³/mol. The molecule has 0 N–H and O–H groups in total. The lowest BCUT2D eigenvalue weighted by Crippen LogP contribution is -2.05. The Bertz CT molecular complexity index is 73.5. The third kappa shape index (κ3) is 3.29. The van der Waals surface area contributed by atoms with Gasteiger partial charge >= 0.3 is 0 Å². The molecule has 2 unspecified atom stereocenters. The van der Waals surface area contributed by atoms with Crippen LogP contribution in [0.1, 0.15) is 19.8 Å². The summed E-state index contributed by atoms with van der Waals surface area (Å²) in [7, 11) is 0. The van der Waals surface area contributed by atoms with Gasteiger partial charge in [0.1, 0.15) is 0 Å². The van der Waals surface area contributed by atoms with Crippen LogP contribution in [0.5, 0.6) is 0 Å². The molecule has 0 aliphatic carbocycles. The average Bonchev–Trinajstić information content (AvgIpc) is 2.45. The standard InChI is InChI=1S/C6H11ClO.ClH/c1-2-3-5(7)6-4-8-6;/h5-6H,2-4H2,1H3;1H. The van der Waals surface area contributed by atoms with Crippen molar-refractivity contribution >= 4 is 24.0 Å². The Morgan fingerprint density at radius 3 is 2.67 bits per heavy atom. The van der Waals surface area contributed by atoms with Crippen molar-refractivity contribution < 1.29 is 4.74 Å². The molecule has 1 nitrogen and oxygen atoms in total. The van der Waals surface area contributed by atoms with Crippen LogP contribution in [0.3, 0.4) is 0 Å². The Hall–Kier alpha value is 0.540. The quantitative estimate of drug-likeness (QED) is 0.468. The minimum absolute atomic E-state index is 0. The van der Waals surface area contributed by atoms with E-state index in [1.165, 1.54) is 0 Å². The third-order valence-corrected chi connectivity index (χ3v) is 1.83. The van der Waals surface area contributed by atoms with E-state index in [0.717, 1.165) is 19.4 Å². The van der Waals surface area contributed by atoms with Gasteiger partial charge in [-0.1, -0.05) is 13.3 Å². The zero-order valence-corrected chi connectivity index (χ0v) is 7.04. The third-order valence-electron chi connectivity index (χ3n) is 1.33. The molecule has 0 aromatic carbocycles. The topological polar surface area (TPSA) is 12.5 Å². The van der Waals surface area contributed by atoms with Gasteiger partial charge in [0.05, 0.1) is 18.1 Å². The summed E-state index contributed by atoms with van der Waals surface area (Å²) in [6, 6.07) is 0. The Morgan fingerprint density at radius 2 is 2.33 bits per heavy atom. The molecule has 0 saturated carbocycles. The molecule has 56 valence electrons. The monoisotopic (exact) mass is 170 g/mol. The van der Waals surface area contributed by atoms with Gasteiger partial charge in [-0.15, -0.1) is 24.0 Å². The summed E-state index contributed by atoms with van der Waals surface area (Å²) in [5, 5.41) is 0.278. The lowest BCUT2D eigenvalue weighted by molar-refractivity contribution is 0.394. The molecule has 2 atom stereocenters. The summed E-state index contributed by atoms with van der Waals surface area (Å²) in [6.45, 7) is 3.02. The molecular formula is C6H12Cl2O. The van der Waals surface area contributed by atoms with E-state index in [4.69, 9.17) is 16.3 Å². The van der Waals surface area contributed by atoms with E-state index >= 15 is 0 Å². The molecule has 1 fully saturated rings. The maximum atomic E-state index is 5.85. The maximum absolute atomic E-state index is 5.85. The van der Waals surface area contributed by atoms with Gasteiger partial charge < -0.3 is 4.74 Å². The van der Waals surface area contributed by atoms with E-state index in [2.05, 4.69) is 6.92 Å². The average molecular weight is 171 g/mol. The molecule has 1 rings (SSSR count). The molecule has 0 radical (unpaired) electrons. The van der Waals surface area contributed by atoms with Gasteiger partial charge in [0, 0.05) is 0 Å². The molecule has 1 heterocycles. The summed E-state index contributed by atoms with van der Waals surface area (Å²) in [5.74, 6) is 0. The molecule has 1 aliphatic heterocycles. The SMILES string of the molecule is CCCC(Cl)C1CO1.Cl. The van der Waals surface area contributed by atoms with Gasteiger partial charge in [-0.3, -0.25) is 0 Å². The number of hydrogen-bond acceptors (Lipinski definition) is 1. The van der Waals surface area contributed by atoms with E-state index < -0.39 is 0 Å². The number of hydrogen-bond donors (Lipinski definition) is 0. The Kier molecular flexibility index (Phi) is 4.63. The van der Waals surface area contributed by atoms with Gasteiger partial charge in [0.2, 0.25) is 0 Å². The van der Waals surface area contributed by atoms with Crippen molar-refractivity contribution in [3.05, 3.63) is 0 Å². The predicted octanol–water partition coefficient (Wildman–Crippen LogP) is 2.21. The lowest BCUT2D eigenvalue weighted by atomic mass is 10.2. The molecule has 3 heteroatoms. The van der Waals surface area contributed by atoms with E-state index in [1.807, 2.05) is 0 Å². The first-order valence-corrected chi connectivity index (χ1v) is 3.54. The van der Waals surface area contributed by atoms with Gasteiger partial charge in [-0.25, -0.2) is 0 Å². The molecule has 0 amide bonds. The lowest BCUT2D eigenvalue weighted by Gasteiger charge is -1.99. The summed E-state index contributed by atoms with van der Waals surface area (Å²) >= 11 is 5.85. The number of alkyl halides is 1. The Labute approximate surface area is 67.1 Å². The van der Waals surface area contributed by atoms with Crippen molar-refractivity contribution in [2.24, 2.45) is 0 Å². The largest absolute Gasteiger partial charge is 0.372 e. The van der Waals surface area contributed by atoms with E-state index in [-0.39, 0.29) is 17.8 Å². The van der Waals surface area contributed by atoms with Crippen LogP contribution in [0.15, 0.2) is 0 Å². The second-order valence-electron chi connectivity index (χ2n) is 2.18. The maximum Gasteiger partial charge on any atom is 0.0972 e. The van der Waals surface area contributed by atoms with Gasteiger partial charge in [-0.2, -0.15) is 0 Å². The van der Waals surface area contributed by atoms with Crippen LogP contribution >= 0.6 is 24.0 Å². The van der Waals surface area contributed by atoms with Crippen molar-refractivity contribution in [1.82, 2.24) is 0 Å². The summed E-state index contributed by atoms with van der Waals surface area (Å²) in [4.78, 5) is 0. The zero-order chi connectivity index (χ0) is 5.98. The van der Waals surface area contributed by atoms with Crippen LogP contribution in [-0.2, 0) is 4.74 Å². The molecule has 1 saturated heterocycles. The first-order valence-electron chi connectivity index (χ1n) is 3.10. The van der Waals surface area contributed by atoms with Crippen molar-refractivity contribution in [3.8, 4) is 0 Å². The van der Waals surface area contributed by atoms with Crippen molar-refractivity contribution in [3.63, 3.8) is 0 Å². The van der Waals surface area contributed by atoms with Crippen LogP contribution in [0.2, 0.25) is 0 Å². The first-order chi connectivity index (χ1) is 3.84. The van der Waals surface area contributed by atoms with Crippen LogP contribution in [0.25, 0.3) is 0 Å². The first kappa shape index (κ1) is 9.54. The summed E-state index contributed by atoms with van der Waals surface area (Å²) in [6.07, 6.45) is 2.64. The Balaban J connectivity index is 0.000000640. The number of halogens is 2. The van der Waals surface area contributed by atoms with Crippen molar-refractivity contribution in [2.45, 2.75) is 31.2 Å². The highest BCUT2D eigenvalue weighted by molar-refractivity contribution is 6.21. The second kappa shape index (κ2) is 4.37. The normalized spacial score (nSPS) is 26.7. The van der Waals surface area contributed by atoms with Gasteiger partial charge in [0.25, 0.3) is 0 Å². The summed E-state index contributed by atoms with van der Waals surface area (Å²) < 4.78 is 4.99. The molecule has 9 heavy (non-hydrogen) atoms. The van der Waals surface area contributed by atoms with E-state index in [1.54, 1.807) is 0 Å². The fourth-order valence-corrected chi connectivity index (χ4v) is 1.09. The van der Waals surface area contributed by atoms with Crippen LogP contribution in [0.4, 0.5) is 0 Å². The van der Waals surface area contributed by atoms with Crippen molar-refractivity contribution in [1.29, 1.82) is 0 Å². The van der Waals surface area contributed by atoms with E-state index in [9.17, 15) is 0 Å². The molecule has 0 spiro atoms. The fraction of sp³-hybridized carbons (Fsp3) is 1.00. The molecular weight excluding hydrogens is 159 g/mol. The minimum Gasteiger partial charge on any atom is -0.372 e. The van der Waals surface area contributed by atoms with Crippen LogP contribution < -0.4 is 0 Å². The highest BCUT2D eigenvalue weighted by Gasteiger charge is 2.30. The van der Waals surface area contributed by atoms with E-state index in [0.29, 0.717) is 6.10 Å². The molecule has 0 aromatic rings. The summed E-state index contributed by atoms with van der Waals surface area (Å²) in [5.41, 5.74) is 0. The highest BCUT2D eigenvalue weighted by Crippen LogP contribution is 2.22. The second-order valence-corrected chi connectivity index (χ2v) is 2.74. The minimum atomic E-state index is 0. The van der Waals surface area contributed by atoms with Crippen LogP contribution in [0, 0.1) is 0 Å². The zero-order valence-electron chi connectivity index (χ0n) is 5.47. The Morgan fingerprint density at radius 1 is 1.78 bits per heavy atom. The highest BCUT2D eigenvalue weighted by atomic mass is 35.5.